The molecule has 1 saturated carbocycles. The zero-order chi connectivity index (χ0) is 22.6. The van der Waals surface area contributed by atoms with Gasteiger partial charge < -0.3 is 10.1 Å². The highest BCUT2D eigenvalue weighted by atomic mass is 35.5. The van der Waals surface area contributed by atoms with Crippen LogP contribution >= 0.6 is 23.2 Å². The van der Waals surface area contributed by atoms with E-state index in [9.17, 15) is 22.4 Å². The van der Waals surface area contributed by atoms with E-state index in [1.54, 1.807) is 0 Å². The fraction of sp³-hybridized carbons (Fsp3) is 0.300. The van der Waals surface area contributed by atoms with Crippen molar-refractivity contribution in [2.24, 2.45) is 0 Å². The molecular weight excluding hydrogens is 470 g/mol. The van der Waals surface area contributed by atoms with Crippen LogP contribution in [0, 0.1) is 5.82 Å². The standard InChI is InChI=1S/C20H19Cl2FN2O5S/c21-16-10-17(22)18(31(28,29)25-14-7-5-12(23)6-8-14)9-15(16)20(27)30-11-19(26)24-13-3-1-2-4-13/h5-10,13,25H,1-4,11H2,(H,24,26). The predicted molar refractivity (Wildman–Crippen MR) is 114 cm³/mol. The lowest BCUT2D eigenvalue weighted by molar-refractivity contribution is -0.124. The van der Waals surface area contributed by atoms with Gasteiger partial charge in [0.2, 0.25) is 0 Å². The van der Waals surface area contributed by atoms with Gasteiger partial charge in [-0.1, -0.05) is 36.0 Å². The van der Waals surface area contributed by atoms with E-state index < -0.39 is 39.2 Å². The third kappa shape index (κ3) is 6.09. The molecule has 0 saturated heterocycles. The number of esters is 1. The van der Waals surface area contributed by atoms with Crippen molar-refractivity contribution in [1.29, 1.82) is 0 Å². The molecule has 0 radical (unpaired) electrons. The van der Waals surface area contributed by atoms with Gasteiger partial charge in [0.15, 0.2) is 6.61 Å². The summed E-state index contributed by atoms with van der Waals surface area (Å²) in [4.78, 5) is 23.9. The summed E-state index contributed by atoms with van der Waals surface area (Å²) in [6, 6.07) is 6.76. The number of carbonyl (C=O) groups excluding carboxylic acids is 2. The van der Waals surface area contributed by atoms with Gasteiger partial charge in [-0.3, -0.25) is 9.52 Å². The first-order valence-corrected chi connectivity index (χ1v) is 11.6. The van der Waals surface area contributed by atoms with Crippen LogP contribution < -0.4 is 10.0 Å². The molecule has 1 fully saturated rings. The molecule has 166 valence electrons. The zero-order valence-corrected chi connectivity index (χ0v) is 18.5. The van der Waals surface area contributed by atoms with Crippen molar-refractivity contribution in [3.8, 4) is 0 Å². The van der Waals surface area contributed by atoms with Gasteiger partial charge in [-0.25, -0.2) is 17.6 Å². The molecule has 31 heavy (non-hydrogen) atoms. The highest BCUT2D eigenvalue weighted by Gasteiger charge is 2.24. The minimum atomic E-state index is -4.23. The molecule has 0 bridgehead atoms. The molecule has 0 spiro atoms. The summed E-state index contributed by atoms with van der Waals surface area (Å²) in [5.41, 5.74) is -0.167. The number of hydrogen-bond donors (Lipinski definition) is 2. The molecule has 0 aromatic heterocycles. The van der Waals surface area contributed by atoms with Crippen LogP contribution in [0.2, 0.25) is 10.0 Å². The van der Waals surface area contributed by atoms with Gasteiger partial charge >= 0.3 is 5.97 Å². The summed E-state index contributed by atoms with van der Waals surface area (Å²) in [7, 11) is -4.23. The molecule has 0 unspecified atom stereocenters. The Labute approximate surface area is 188 Å². The van der Waals surface area contributed by atoms with Crippen molar-refractivity contribution in [2.75, 3.05) is 11.3 Å². The minimum Gasteiger partial charge on any atom is -0.452 e. The van der Waals surface area contributed by atoms with Crippen LogP contribution in [0.25, 0.3) is 0 Å². The Bertz CT molecular complexity index is 1090. The van der Waals surface area contributed by atoms with E-state index in [1.165, 1.54) is 12.1 Å². The predicted octanol–water partition coefficient (Wildman–Crippen LogP) is 4.15. The third-order valence-electron chi connectivity index (χ3n) is 4.68. The Morgan fingerprint density at radius 1 is 1.06 bits per heavy atom. The summed E-state index contributed by atoms with van der Waals surface area (Å²) in [6.45, 7) is -0.524. The van der Waals surface area contributed by atoms with E-state index in [1.807, 2.05) is 0 Å². The second kappa shape index (κ2) is 9.84. The first kappa shape index (κ1) is 23.3. The molecule has 0 atom stereocenters. The molecule has 1 aliphatic rings. The third-order valence-corrected chi connectivity index (χ3v) is 6.84. The van der Waals surface area contributed by atoms with Crippen molar-refractivity contribution < 1.29 is 27.1 Å². The molecule has 1 aliphatic carbocycles. The molecule has 2 aromatic carbocycles. The quantitative estimate of drug-likeness (QED) is 0.570. The van der Waals surface area contributed by atoms with Crippen molar-refractivity contribution in [3.05, 3.63) is 57.8 Å². The normalized spacial score (nSPS) is 14.3. The van der Waals surface area contributed by atoms with Crippen molar-refractivity contribution in [2.45, 2.75) is 36.6 Å². The summed E-state index contributed by atoms with van der Waals surface area (Å²) >= 11 is 12.1. The zero-order valence-electron chi connectivity index (χ0n) is 16.2. The smallest absolute Gasteiger partial charge is 0.340 e. The second-order valence-corrected chi connectivity index (χ2v) is 9.47. The van der Waals surface area contributed by atoms with Crippen LogP contribution in [0.5, 0.6) is 0 Å². The van der Waals surface area contributed by atoms with Crippen LogP contribution in [-0.2, 0) is 19.6 Å². The number of nitrogens with one attached hydrogen (secondary N) is 2. The average Bonchev–Trinajstić information content (AvgIpc) is 3.20. The van der Waals surface area contributed by atoms with Gasteiger partial charge in [0.05, 0.1) is 15.6 Å². The number of hydrogen-bond acceptors (Lipinski definition) is 5. The van der Waals surface area contributed by atoms with E-state index in [2.05, 4.69) is 10.0 Å². The Balaban J connectivity index is 1.74. The molecule has 11 heteroatoms. The Hall–Kier alpha value is -2.36. The first-order valence-electron chi connectivity index (χ1n) is 9.39. The molecule has 1 amide bonds. The van der Waals surface area contributed by atoms with Crippen LogP contribution in [0.15, 0.2) is 41.3 Å². The highest BCUT2D eigenvalue weighted by molar-refractivity contribution is 7.92. The number of carbonyl (C=O) groups is 2. The fourth-order valence-corrected chi connectivity index (χ4v) is 5.08. The van der Waals surface area contributed by atoms with Gasteiger partial charge in [-0.2, -0.15) is 0 Å². The van der Waals surface area contributed by atoms with E-state index in [0.29, 0.717) is 0 Å². The number of halogens is 3. The highest BCUT2D eigenvalue weighted by Crippen LogP contribution is 2.30. The van der Waals surface area contributed by atoms with Crippen LogP contribution in [0.4, 0.5) is 10.1 Å². The maximum absolute atomic E-state index is 13.0. The second-order valence-electron chi connectivity index (χ2n) is 7.00. The number of benzene rings is 2. The van der Waals surface area contributed by atoms with Gasteiger partial charge in [0.1, 0.15) is 10.7 Å². The number of rotatable bonds is 7. The number of amides is 1. The summed E-state index contributed by atoms with van der Waals surface area (Å²) in [5, 5.41) is 2.41. The number of ether oxygens (including phenoxy) is 1. The van der Waals surface area contributed by atoms with Crippen molar-refractivity contribution in [1.82, 2.24) is 5.32 Å². The maximum atomic E-state index is 13.0. The molecule has 0 heterocycles. The molecule has 0 aliphatic heterocycles. The summed E-state index contributed by atoms with van der Waals surface area (Å²) in [5.74, 6) is -1.95. The largest absolute Gasteiger partial charge is 0.452 e. The van der Waals surface area contributed by atoms with E-state index in [0.717, 1.165) is 49.9 Å². The minimum absolute atomic E-state index is 0.0691. The summed E-state index contributed by atoms with van der Waals surface area (Å²) in [6.07, 6.45) is 3.83. The molecule has 7 nitrogen and oxygen atoms in total. The van der Waals surface area contributed by atoms with E-state index in [-0.39, 0.29) is 27.3 Å². The average molecular weight is 489 g/mol. The number of sulfonamides is 1. The molecule has 2 N–H and O–H groups in total. The molecule has 3 rings (SSSR count). The summed E-state index contributed by atoms with van der Waals surface area (Å²) < 4.78 is 45.7. The van der Waals surface area contributed by atoms with Crippen LogP contribution in [0.3, 0.4) is 0 Å². The first-order chi connectivity index (χ1) is 14.7. The van der Waals surface area contributed by atoms with Gasteiger partial charge in [0, 0.05) is 11.7 Å². The van der Waals surface area contributed by atoms with Gasteiger partial charge in [-0.05, 0) is 49.2 Å². The topological polar surface area (TPSA) is 102 Å². The van der Waals surface area contributed by atoms with Gasteiger partial charge in [-0.15, -0.1) is 0 Å². The lowest BCUT2D eigenvalue weighted by Crippen LogP contribution is -2.35. The SMILES string of the molecule is O=C(COC(=O)c1cc(S(=O)(=O)Nc2ccc(F)cc2)c(Cl)cc1Cl)NC1CCCC1. The Morgan fingerprint density at radius 3 is 2.35 bits per heavy atom. The molecular formula is C20H19Cl2FN2O5S. The monoisotopic (exact) mass is 488 g/mol. The van der Waals surface area contributed by atoms with E-state index in [4.69, 9.17) is 27.9 Å². The van der Waals surface area contributed by atoms with Gasteiger partial charge in [0.25, 0.3) is 15.9 Å². The lowest BCUT2D eigenvalue weighted by Gasteiger charge is -2.14. The Morgan fingerprint density at radius 2 is 1.71 bits per heavy atom. The van der Waals surface area contributed by atoms with Crippen molar-refractivity contribution in [3.63, 3.8) is 0 Å². The van der Waals surface area contributed by atoms with Crippen LogP contribution in [0.1, 0.15) is 36.0 Å². The fourth-order valence-electron chi connectivity index (χ4n) is 3.17. The lowest BCUT2D eigenvalue weighted by atomic mass is 10.2. The maximum Gasteiger partial charge on any atom is 0.340 e. The van der Waals surface area contributed by atoms with Crippen molar-refractivity contribution >= 4 is 50.8 Å². The number of anilines is 1. The Kier molecular flexibility index (Phi) is 7.40. The van der Waals surface area contributed by atoms with Crippen LogP contribution in [-0.4, -0.2) is 32.9 Å². The van der Waals surface area contributed by atoms with E-state index >= 15 is 0 Å². The molecule has 2 aromatic rings.